The molecule has 1 aromatic rings. The maximum atomic E-state index is 4.42. The second kappa shape index (κ2) is 4.82. The lowest BCUT2D eigenvalue weighted by Gasteiger charge is -2.35. The molecule has 1 aromatic heterocycles. The molecule has 1 N–H and O–H groups in total. The van der Waals surface area contributed by atoms with Gasteiger partial charge in [0.1, 0.15) is 0 Å². The Morgan fingerprint density at radius 1 is 1.33 bits per heavy atom. The molecule has 1 atom stereocenters. The normalized spacial score (nSPS) is 25.0. The highest BCUT2D eigenvalue weighted by Crippen LogP contribution is 2.21. The van der Waals surface area contributed by atoms with Crippen LogP contribution in [-0.4, -0.2) is 54.4 Å². The lowest BCUT2D eigenvalue weighted by molar-refractivity contribution is 0.308. The van der Waals surface area contributed by atoms with E-state index in [-0.39, 0.29) is 0 Å². The fourth-order valence-corrected chi connectivity index (χ4v) is 2.78. The summed E-state index contributed by atoms with van der Waals surface area (Å²) in [7, 11) is 2.16. The lowest BCUT2D eigenvalue weighted by Crippen LogP contribution is -2.50. The van der Waals surface area contributed by atoms with Crippen LogP contribution < -0.4 is 10.2 Å². The monoisotopic (exact) mass is 247 g/mol. The van der Waals surface area contributed by atoms with Crippen molar-refractivity contribution in [2.24, 2.45) is 0 Å². The number of piperazine rings is 1. The van der Waals surface area contributed by atoms with Gasteiger partial charge in [-0.05, 0) is 25.6 Å². The van der Waals surface area contributed by atoms with Crippen LogP contribution in [0.4, 0.5) is 5.82 Å². The van der Waals surface area contributed by atoms with E-state index < -0.39 is 0 Å². The van der Waals surface area contributed by atoms with Crippen LogP contribution in [-0.2, 0) is 13.0 Å². The van der Waals surface area contributed by atoms with Gasteiger partial charge in [0.15, 0.2) is 5.82 Å². The minimum Gasteiger partial charge on any atom is -0.350 e. The van der Waals surface area contributed by atoms with Crippen LogP contribution in [0.1, 0.15) is 18.2 Å². The van der Waals surface area contributed by atoms with Crippen LogP contribution in [0.3, 0.4) is 0 Å². The summed E-state index contributed by atoms with van der Waals surface area (Å²) in [4.78, 5) is 4.70. The van der Waals surface area contributed by atoms with Crippen molar-refractivity contribution in [1.29, 1.82) is 0 Å². The molecule has 0 aromatic carbocycles. The van der Waals surface area contributed by atoms with Crippen LogP contribution >= 0.6 is 0 Å². The third-order valence-corrected chi connectivity index (χ3v) is 3.91. The summed E-state index contributed by atoms with van der Waals surface area (Å²) in [5.41, 5.74) is 2.53. The van der Waals surface area contributed by atoms with Gasteiger partial charge in [-0.2, -0.15) is 5.10 Å². The highest BCUT2D eigenvalue weighted by atomic mass is 15.3. The van der Waals surface area contributed by atoms with Gasteiger partial charge in [0, 0.05) is 45.2 Å². The van der Waals surface area contributed by atoms with E-state index in [1.54, 1.807) is 0 Å². The summed E-state index contributed by atoms with van der Waals surface area (Å²) in [5.74, 6) is 1.04. The number of hydrogen-bond donors (Lipinski definition) is 1. The van der Waals surface area contributed by atoms with Gasteiger partial charge >= 0.3 is 0 Å². The van der Waals surface area contributed by atoms with Gasteiger partial charge in [-0.3, -0.25) is 0 Å². The zero-order chi connectivity index (χ0) is 12.5. The van der Waals surface area contributed by atoms with E-state index in [0.29, 0.717) is 6.04 Å². The van der Waals surface area contributed by atoms with Crippen LogP contribution in [0.15, 0.2) is 6.07 Å². The molecule has 5 heteroatoms. The highest BCUT2D eigenvalue weighted by Gasteiger charge is 2.22. The van der Waals surface area contributed by atoms with Crippen molar-refractivity contribution in [2.45, 2.75) is 25.9 Å². The number of rotatable bonds is 1. The lowest BCUT2D eigenvalue weighted by atomic mass is 10.1. The molecular formula is C13H21N5. The van der Waals surface area contributed by atoms with E-state index in [1.165, 1.54) is 11.3 Å². The van der Waals surface area contributed by atoms with E-state index in [2.05, 4.69) is 45.4 Å². The molecule has 3 heterocycles. The van der Waals surface area contributed by atoms with Gasteiger partial charge in [-0.25, -0.2) is 0 Å². The standard InChI is InChI=1S/C13H21N5/c1-10-8-14-4-6-18(10)13-7-11-9-17(2)5-3-12(11)15-16-13/h7,10,14H,3-6,8-9H2,1-2H3. The molecule has 1 saturated heterocycles. The molecule has 0 amide bonds. The van der Waals surface area contributed by atoms with Crippen molar-refractivity contribution in [3.63, 3.8) is 0 Å². The SMILES string of the molecule is CC1CNCCN1c1cc2c(nn1)CCN(C)C2. The Kier molecular flexibility index (Phi) is 3.18. The van der Waals surface area contributed by atoms with Crippen molar-refractivity contribution in [2.75, 3.05) is 38.1 Å². The first-order chi connectivity index (χ1) is 8.74. The Balaban J connectivity index is 1.86. The van der Waals surface area contributed by atoms with Gasteiger partial charge < -0.3 is 15.1 Å². The largest absolute Gasteiger partial charge is 0.350 e. The second-order valence-electron chi connectivity index (χ2n) is 5.41. The number of likely N-dealkylation sites (N-methyl/N-ethyl adjacent to an activating group) is 1. The second-order valence-corrected chi connectivity index (χ2v) is 5.41. The van der Waals surface area contributed by atoms with Gasteiger partial charge in [0.05, 0.1) is 5.69 Å². The average Bonchev–Trinajstić information content (AvgIpc) is 2.38. The molecule has 2 aliphatic rings. The van der Waals surface area contributed by atoms with Crippen LogP contribution in [0.2, 0.25) is 0 Å². The number of anilines is 1. The predicted octanol–water partition coefficient (Wildman–Crippen LogP) is 0.263. The Morgan fingerprint density at radius 3 is 3.06 bits per heavy atom. The van der Waals surface area contributed by atoms with Gasteiger partial charge in [-0.1, -0.05) is 0 Å². The molecule has 0 aliphatic carbocycles. The van der Waals surface area contributed by atoms with Crippen molar-refractivity contribution in [3.8, 4) is 0 Å². The van der Waals surface area contributed by atoms with Crippen LogP contribution in [0, 0.1) is 0 Å². The number of fused-ring (bicyclic) bond motifs is 1. The Hall–Kier alpha value is -1.20. The van der Waals surface area contributed by atoms with E-state index in [9.17, 15) is 0 Å². The molecule has 18 heavy (non-hydrogen) atoms. The number of aromatic nitrogens is 2. The van der Waals surface area contributed by atoms with Gasteiger partial charge in [-0.15, -0.1) is 5.10 Å². The Bertz CT molecular complexity index is 433. The molecule has 3 rings (SSSR count). The molecule has 98 valence electrons. The average molecular weight is 247 g/mol. The molecule has 2 aliphatic heterocycles. The predicted molar refractivity (Wildman–Crippen MR) is 71.7 cm³/mol. The summed E-state index contributed by atoms with van der Waals surface area (Å²) in [6.07, 6.45) is 1.02. The fourth-order valence-electron chi connectivity index (χ4n) is 2.78. The molecule has 0 bridgehead atoms. The number of hydrogen-bond acceptors (Lipinski definition) is 5. The summed E-state index contributed by atoms with van der Waals surface area (Å²) in [5, 5.41) is 12.3. The van der Waals surface area contributed by atoms with Crippen molar-refractivity contribution < 1.29 is 0 Å². The molecule has 1 fully saturated rings. The maximum absolute atomic E-state index is 4.42. The van der Waals surface area contributed by atoms with E-state index >= 15 is 0 Å². The first-order valence-electron chi connectivity index (χ1n) is 6.75. The summed E-state index contributed by atoms with van der Waals surface area (Å²) >= 11 is 0. The Morgan fingerprint density at radius 2 is 2.22 bits per heavy atom. The Labute approximate surface area is 108 Å². The zero-order valence-corrected chi connectivity index (χ0v) is 11.2. The van der Waals surface area contributed by atoms with Crippen molar-refractivity contribution >= 4 is 5.82 Å². The summed E-state index contributed by atoms with van der Waals surface area (Å²) in [6.45, 7) is 7.40. The molecule has 1 unspecified atom stereocenters. The molecule has 0 spiro atoms. The smallest absolute Gasteiger partial charge is 0.151 e. The van der Waals surface area contributed by atoms with E-state index in [1.807, 2.05) is 0 Å². The third-order valence-electron chi connectivity index (χ3n) is 3.91. The number of nitrogens with one attached hydrogen (secondary N) is 1. The van der Waals surface area contributed by atoms with Crippen molar-refractivity contribution in [3.05, 3.63) is 17.3 Å². The van der Waals surface area contributed by atoms with Crippen LogP contribution in [0.5, 0.6) is 0 Å². The van der Waals surface area contributed by atoms with Crippen molar-refractivity contribution in [1.82, 2.24) is 20.4 Å². The van der Waals surface area contributed by atoms with Gasteiger partial charge in [0.2, 0.25) is 0 Å². The topological polar surface area (TPSA) is 44.3 Å². The minimum absolute atomic E-state index is 0.493. The van der Waals surface area contributed by atoms with E-state index in [0.717, 1.165) is 45.0 Å². The highest BCUT2D eigenvalue weighted by molar-refractivity contribution is 5.43. The first kappa shape index (κ1) is 11.9. The quantitative estimate of drug-likeness (QED) is 0.771. The van der Waals surface area contributed by atoms with Crippen LogP contribution in [0.25, 0.3) is 0 Å². The molecule has 5 nitrogen and oxygen atoms in total. The fraction of sp³-hybridized carbons (Fsp3) is 0.692. The summed E-state index contributed by atoms with van der Waals surface area (Å²) in [6, 6.07) is 2.73. The first-order valence-corrected chi connectivity index (χ1v) is 6.75. The van der Waals surface area contributed by atoms with Gasteiger partial charge in [0.25, 0.3) is 0 Å². The minimum atomic E-state index is 0.493. The molecular weight excluding hydrogens is 226 g/mol. The van der Waals surface area contributed by atoms with E-state index in [4.69, 9.17) is 0 Å². The summed E-state index contributed by atoms with van der Waals surface area (Å²) < 4.78 is 0. The molecule has 0 saturated carbocycles. The third kappa shape index (κ3) is 2.20. The molecule has 0 radical (unpaired) electrons. The number of nitrogens with zero attached hydrogens (tertiary/aromatic N) is 4. The zero-order valence-electron chi connectivity index (χ0n) is 11.2. The maximum Gasteiger partial charge on any atom is 0.151 e.